The third-order valence-corrected chi connectivity index (χ3v) is 7.35. The van der Waals surface area contributed by atoms with Crippen molar-refractivity contribution in [3.63, 3.8) is 0 Å². The van der Waals surface area contributed by atoms with E-state index in [0.717, 1.165) is 22.3 Å². The fourth-order valence-corrected chi connectivity index (χ4v) is 5.36. The number of thiazole rings is 1. The van der Waals surface area contributed by atoms with Crippen LogP contribution in [0.4, 0.5) is 10.1 Å². The van der Waals surface area contributed by atoms with Crippen molar-refractivity contribution >= 4 is 43.2 Å². The Hall–Kier alpha value is -3.76. The van der Waals surface area contributed by atoms with Crippen molar-refractivity contribution in [2.45, 2.75) is 11.4 Å². The van der Waals surface area contributed by atoms with Crippen LogP contribution < -0.4 is 14.3 Å². The number of sulfonamides is 1. The van der Waals surface area contributed by atoms with Gasteiger partial charge in [-0.05, 0) is 66.7 Å². The van der Waals surface area contributed by atoms with Gasteiger partial charge in [0.2, 0.25) is 0 Å². The second kappa shape index (κ2) is 9.62. The lowest BCUT2D eigenvalue weighted by Gasteiger charge is -2.08. The molecule has 0 aliphatic rings. The fraction of sp³-hybridized carbons (Fsp3) is 0.0833. The molecule has 34 heavy (non-hydrogen) atoms. The molecule has 7 nitrogen and oxygen atoms in total. The zero-order valence-electron chi connectivity index (χ0n) is 18.1. The normalized spacial score (nSPS) is 12.0. The number of carbonyl (C=O) groups excluding carboxylic acids is 1. The summed E-state index contributed by atoms with van der Waals surface area (Å²) in [5.74, 6) is -0.293. The minimum absolute atomic E-state index is 0.0720. The molecule has 3 aromatic carbocycles. The predicted molar refractivity (Wildman–Crippen MR) is 130 cm³/mol. The van der Waals surface area contributed by atoms with Crippen LogP contribution in [-0.2, 0) is 16.6 Å². The number of methoxy groups -OCH3 is 1. The molecule has 4 rings (SSSR count). The maximum atomic E-state index is 13.1. The van der Waals surface area contributed by atoms with E-state index < -0.39 is 21.7 Å². The van der Waals surface area contributed by atoms with Crippen LogP contribution in [0.25, 0.3) is 10.2 Å². The van der Waals surface area contributed by atoms with Gasteiger partial charge in [0.05, 0.1) is 22.2 Å². The van der Waals surface area contributed by atoms with Crippen LogP contribution in [0, 0.1) is 5.82 Å². The molecule has 0 aliphatic carbocycles. The Kier molecular flexibility index (Phi) is 6.62. The van der Waals surface area contributed by atoms with Crippen LogP contribution in [0.2, 0.25) is 0 Å². The SMILES string of the molecule is C=CCn1c(=NC(=O)c2ccc(NS(=O)(=O)c3ccc(F)cc3)cc2)sc2cc(OC)ccc21. The Labute approximate surface area is 199 Å². The topological polar surface area (TPSA) is 89.8 Å². The van der Waals surface area contributed by atoms with Crippen molar-refractivity contribution < 1.29 is 22.3 Å². The summed E-state index contributed by atoms with van der Waals surface area (Å²) in [6.45, 7) is 4.25. The number of halogens is 1. The molecule has 1 heterocycles. The largest absolute Gasteiger partial charge is 0.497 e. The standard InChI is InChI=1S/C24H20FN3O4S2/c1-3-14-28-21-13-10-19(32-2)15-22(21)33-24(28)26-23(29)16-4-8-18(9-5-16)27-34(30,31)20-11-6-17(25)7-12-20/h3-13,15,27H,1,14H2,2H3. The average Bonchev–Trinajstić information content (AvgIpc) is 3.15. The van der Waals surface area contributed by atoms with Crippen LogP contribution in [0.1, 0.15) is 10.4 Å². The Morgan fingerprint density at radius 2 is 1.85 bits per heavy atom. The Morgan fingerprint density at radius 1 is 1.15 bits per heavy atom. The maximum absolute atomic E-state index is 13.1. The number of hydrogen-bond acceptors (Lipinski definition) is 5. The highest BCUT2D eigenvalue weighted by atomic mass is 32.2. The average molecular weight is 498 g/mol. The fourth-order valence-electron chi connectivity index (χ4n) is 3.23. The van der Waals surface area contributed by atoms with Gasteiger partial charge in [-0.25, -0.2) is 12.8 Å². The van der Waals surface area contributed by atoms with Crippen molar-refractivity contribution in [1.29, 1.82) is 0 Å². The number of carbonyl (C=O) groups is 1. The number of allylic oxidation sites excluding steroid dienone is 1. The minimum atomic E-state index is -3.89. The van der Waals surface area contributed by atoms with Gasteiger partial charge in [0.15, 0.2) is 4.80 Å². The molecule has 0 unspecified atom stereocenters. The van der Waals surface area contributed by atoms with Gasteiger partial charge in [0, 0.05) is 17.8 Å². The number of hydrogen-bond donors (Lipinski definition) is 1. The molecule has 0 spiro atoms. The van der Waals surface area contributed by atoms with Gasteiger partial charge in [-0.3, -0.25) is 9.52 Å². The lowest BCUT2D eigenvalue weighted by Crippen LogP contribution is -2.16. The molecule has 4 aromatic rings. The first-order valence-corrected chi connectivity index (χ1v) is 12.4. The highest BCUT2D eigenvalue weighted by Gasteiger charge is 2.15. The van der Waals surface area contributed by atoms with E-state index in [9.17, 15) is 17.6 Å². The smallest absolute Gasteiger partial charge is 0.279 e. The Bertz CT molecular complexity index is 1540. The zero-order valence-corrected chi connectivity index (χ0v) is 19.7. The molecule has 1 amide bonds. The van der Waals surface area contributed by atoms with Crippen LogP contribution in [0.5, 0.6) is 5.75 Å². The van der Waals surface area contributed by atoms with Crippen molar-refractivity contribution in [2.24, 2.45) is 4.99 Å². The number of benzene rings is 3. The van der Waals surface area contributed by atoms with Crippen LogP contribution >= 0.6 is 11.3 Å². The maximum Gasteiger partial charge on any atom is 0.279 e. The first-order valence-electron chi connectivity index (χ1n) is 10.1. The van der Waals surface area contributed by atoms with Gasteiger partial charge < -0.3 is 9.30 Å². The number of rotatable bonds is 7. The lowest BCUT2D eigenvalue weighted by atomic mass is 10.2. The van der Waals surface area contributed by atoms with E-state index in [1.807, 2.05) is 22.8 Å². The second-order valence-electron chi connectivity index (χ2n) is 7.17. The van der Waals surface area contributed by atoms with E-state index in [2.05, 4.69) is 16.3 Å². The molecule has 0 atom stereocenters. The molecule has 1 N–H and O–H groups in total. The first-order chi connectivity index (χ1) is 16.3. The highest BCUT2D eigenvalue weighted by Crippen LogP contribution is 2.23. The van der Waals surface area contributed by atoms with E-state index in [-0.39, 0.29) is 10.6 Å². The predicted octanol–water partition coefficient (Wildman–Crippen LogP) is 4.58. The molecule has 174 valence electrons. The van der Waals surface area contributed by atoms with E-state index in [4.69, 9.17) is 4.74 Å². The molecule has 0 bridgehead atoms. The summed E-state index contributed by atoms with van der Waals surface area (Å²) in [4.78, 5) is 17.5. The third-order valence-electron chi connectivity index (χ3n) is 4.91. The molecular weight excluding hydrogens is 477 g/mol. The molecule has 0 radical (unpaired) electrons. The number of amides is 1. The summed E-state index contributed by atoms with van der Waals surface area (Å²) in [6, 6.07) is 16.0. The van der Waals surface area contributed by atoms with E-state index in [0.29, 0.717) is 22.7 Å². The number of anilines is 1. The van der Waals surface area contributed by atoms with Crippen molar-refractivity contribution in [2.75, 3.05) is 11.8 Å². The Morgan fingerprint density at radius 3 is 2.50 bits per heavy atom. The lowest BCUT2D eigenvalue weighted by molar-refractivity contribution is 0.0998. The molecule has 10 heteroatoms. The molecule has 0 saturated heterocycles. The third kappa shape index (κ3) is 4.92. The number of nitrogens with one attached hydrogen (secondary N) is 1. The van der Waals surface area contributed by atoms with Gasteiger partial charge in [-0.2, -0.15) is 4.99 Å². The van der Waals surface area contributed by atoms with Crippen LogP contribution in [-0.4, -0.2) is 26.0 Å². The number of ether oxygens (including phenoxy) is 1. The van der Waals surface area contributed by atoms with E-state index in [1.165, 1.54) is 47.7 Å². The van der Waals surface area contributed by atoms with Gasteiger partial charge >= 0.3 is 0 Å². The molecular formula is C24H20FN3O4S2. The van der Waals surface area contributed by atoms with Crippen molar-refractivity contribution in [1.82, 2.24) is 4.57 Å². The number of fused-ring (bicyclic) bond motifs is 1. The summed E-state index contributed by atoms with van der Waals surface area (Å²) >= 11 is 1.36. The van der Waals surface area contributed by atoms with Crippen LogP contribution in [0.15, 0.2) is 89.3 Å². The number of nitrogens with zero attached hydrogens (tertiary/aromatic N) is 2. The highest BCUT2D eigenvalue weighted by molar-refractivity contribution is 7.92. The molecule has 0 aliphatic heterocycles. The van der Waals surface area contributed by atoms with Gasteiger partial charge in [0.1, 0.15) is 11.6 Å². The Balaban J connectivity index is 1.60. The van der Waals surface area contributed by atoms with Crippen molar-refractivity contribution in [3.05, 3.63) is 95.6 Å². The summed E-state index contributed by atoms with van der Waals surface area (Å²) in [5.41, 5.74) is 1.46. The number of aromatic nitrogens is 1. The van der Waals surface area contributed by atoms with E-state index >= 15 is 0 Å². The van der Waals surface area contributed by atoms with Gasteiger partial charge in [0.25, 0.3) is 15.9 Å². The first kappa shape index (κ1) is 23.4. The van der Waals surface area contributed by atoms with Gasteiger partial charge in [-0.15, -0.1) is 6.58 Å². The monoisotopic (exact) mass is 497 g/mol. The summed E-state index contributed by atoms with van der Waals surface area (Å²) in [6.07, 6.45) is 1.72. The molecule has 0 saturated carbocycles. The quantitative estimate of drug-likeness (QED) is 0.379. The summed E-state index contributed by atoms with van der Waals surface area (Å²) in [7, 11) is -2.30. The minimum Gasteiger partial charge on any atom is -0.497 e. The second-order valence-corrected chi connectivity index (χ2v) is 9.86. The van der Waals surface area contributed by atoms with Crippen LogP contribution in [0.3, 0.4) is 0 Å². The summed E-state index contributed by atoms with van der Waals surface area (Å²) in [5, 5.41) is 0. The molecule has 1 aromatic heterocycles. The van der Waals surface area contributed by atoms with Crippen molar-refractivity contribution in [3.8, 4) is 5.75 Å². The summed E-state index contributed by atoms with van der Waals surface area (Å²) < 4.78 is 48.5. The zero-order chi connectivity index (χ0) is 24.3. The van der Waals surface area contributed by atoms with E-state index in [1.54, 1.807) is 13.2 Å². The molecule has 0 fully saturated rings. The van der Waals surface area contributed by atoms with Gasteiger partial charge in [-0.1, -0.05) is 17.4 Å².